The first-order valence-electron chi connectivity index (χ1n) is 5.91. The number of carbonyl (C=O) groups is 1. The minimum absolute atomic E-state index is 0.0108. The number of benzene rings is 2. The lowest BCUT2D eigenvalue weighted by Gasteiger charge is -2.08. The van der Waals surface area contributed by atoms with E-state index >= 15 is 0 Å². The van der Waals surface area contributed by atoms with Gasteiger partial charge in [-0.15, -0.1) is 0 Å². The molecule has 0 saturated heterocycles. The van der Waals surface area contributed by atoms with Crippen molar-refractivity contribution in [3.63, 3.8) is 0 Å². The summed E-state index contributed by atoms with van der Waals surface area (Å²) in [6, 6.07) is 12.4. The molecule has 2 aromatic carbocycles. The normalized spacial score (nSPS) is 11.0. The van der Waals surface area contributed by atoms with Crippen molar-refractivity contribution in [2.45, 2.75) is 4.90 Å². The molecule has 0 aromatic heterocycles. The van der Waals surface area contributed by atoms with Gasteiger partial charge in [-0.05, 0) is 36.4 Å². The van der Waals surface area contributed by atoms with Gasteiger partial charge in [0, 0.05) is 16.4 Å². The zero-order chi connectivity index (χ0) is 15.5. The maximum absolute atomic E-state index is 12.2. The van der Waals surface area contributed by atoms with Crippen LogP contribution in [0.2, 0.25) is 0 Å². The Morgan fingerprint density at radius 3 is 2.29 bits per heavy atom. The van der Waals surface area contributed by atoms with Crippen molar-refractivity contribution in [2.24, 2.45) is 0 Å². The molecule has 0 aliphatic rings. The Morgan fingerprint density at radius 1 is 1.10 bits per heavy atom. The van der Waals surface area contributed by atoms with Crippen molar-refractivity contribution in [2.75, 3.05) is 12.4 Å². The average Bonchev–Trinajstić information content (AvgIpc) is 2.47. The highest BCUT2D eigenvalue weighted by Crippen LogP contribution is 2.21. The summed E-state index contributed by atoms with van der Waals surface area (Å²) >= 11 is 0. The minimum Gasteiger partial charge on any atom is -0.497 e. The molecule has 0 fully saturated rings. The third kappa shape index (κ3) is 3.74. The van der Waals surface area contributed by atoms with Crippen molar-refractivity contribution in [1.82, 2.24) is 0 Å². The Hall–Kier alpha value is -2.05. The topological polar surface area (TPSA) is 72.5 Å². The standard InChI is InChI=1S/C14H12ClNO4S/c1-20-11-8-6-10(7-9-11)16-14(17)12-4-2-3-5-13(12)21(15,18)19/h2-9H,1H3,(H,16,17). The second-order valence-electron chi connectivity index (χ2n) is 4.12. The van der Waals surface area contributed by atoms with Crippen LogP contribution in [-0.4, -0.2) is 21.4 Å². The lowest BCUT2D eigenvalue weighted by Crippen LogP contribution is -2.14. The number of anilines is 1. The number of amides is 1. The summed E-state index contributed by atoms with van der Waals surface area (Å²) in [4.78, 5) is 11.9. The summed E-state index contributed by atoms with van der Waals surface area (Å²) in [5.41, 5.74) is 0.505. The van der Waals surface area contributed by atoms with Crippen molar-refractivity contribution in [1.29, 1.82) is 0 Å². The van der Waals surface area contributed by atoms with Crippen LogP contribution in [0.15, 0.2) is 53.4 Å². The third-order valence-electron chi connectivity index (χ3n) is 2.74. The molecule has 0 aliphatic carbocycles. The number of methoxy groups -OCH3 is 1. The maximum Gasteiger partial charge on any atom is 0.262 e. The van der Waals surface area contributed by atoms with E-state index in [1.54, 1.807) is 30.3 Å². The molecule has 1 amide bonds. The van der Waals surface area contributed by atoms with Gasteiger partial charge in [-0.2, -0.15) is 0 Å². The Labute approximate surface area is 126 Å². The van der Waals surface area contributed by atoms with E-state index in [-0.39, 0.29) is 10.5 Å². The van der Waals surface area contributed by atoms with E-state index in [9.17, 15) is 13.2 Å². The van der Waals surface area contributed by atoms with Gasteiger partial charge >= 0.3 is 0 Å². The molecule has 21 heavy (non-hydrogen) atoms. The van der Waals surface area contributed by atoms with Crippen LogP contribution in [0.25, 0.3) is 0 Å². The first-order chi connectivity index (χ1) is 9.91. The van der Waals surface area contributed by atoms with E-state index in [2.05, 4.69) is 5.32 Å². The fourth-order valence-corrected chi connectivity index (χ4v) is 2.81. The highest BCUT2D eigenvalue weighted by Gasteiger charge is 2.19. The summed E-state index contributed by atoms with van der Waals surface area (Å²) < 4.78 is 27.9. The summed E-state index contributed by atoms with van der Waals surface area (Å²) in [5.74, 6) is 0.0942. The molecule has 2 aromatic rings. The quantitative estimate of drug-likeness (QED) is 0.877. The van der Waals surface area contributed by atoms with Crippen LogP contribution in [0.1, 0.15) is 10.4 Å². The lowest BCUT2D eigenvalue weighted by atomic mass is 10.2. The van der Waals surface area contributed by atoms with Crippen LogP contribution in [0.4, 0.5) is 5.69 Å². The van der Waals surface area contributed by atoms with Gasteiger partial charge in [0.25, 0.3) is 15.0 Å². The molecule has 110 valence electrons. The largest absolute Gasteiger partial charge is 0.497 e. The molecule has 0 radical (unpaired) electrons. The van der Waals surface area contributed by atoms with Crippen molar-refractivity contribution < 1.29 is 17.9 Å². The van der Waals surface area contributed by atoms with Gasteiger partial charge in [0.05, 0.1) is 17.6 Å². The van der Waals surface area contributed by atoms with Gasteiger partial charge in [-0.3, -0.25) is 4.79 Å². The SMILES string of the molecule is COc1ccc(NC(=O)c2ccccc2S(=O)(=O)Cl)cc1. The van der Waals surface area contributed by atoms with Crippen LogP contribution in [-0.2, 0) is 9.05 Å². The fourth-order valence-electron chi connectivity index (χ4n) is 1.74. The van der Waals surface area contributed by atoms with E-state index in [1.165, 1.54) is 25.3 Å². The van der Waals surface area contributed by atoms with Gasteiger partial charge < -0.3 is 10.1 Å². The molecule has 0 unspecified atom stereocenters. The highest BCUT2D eigenvalue weighted by atomic mass is 35.7. The van der Waals surface area contributed by atoms with E-state index < -0.39 is 15.0 Å². The number of rotatable bonds is 4. The molecule has 0 saturated carbocycles. The number of hydrogen-bond acceptors (Lipinski definition) is 4. The molecular weight excluding hydrogens is 314 g/mol. The first-order valence-corrected chi connectivity index (χ1v) is 8.22. The predicted molar refractivity (Wildman–Crippen MR) is 80.4 cm³/mol. The van der Waals surface area contributed by atoms with Gasteiger partial charge in [0.1, 0.15) is 5.75 Å². The lowest BCUT2D eigenvalue weighted by molar-refractivity contribution is 0.102. The Bertz CT molecular complexity index is 757. The van der Waals surface area contributed by atoms with E-state index in [4.69, 9.17) is 15.4 Å². The van der Waals surface area contributed by atoms with Crippen LogP contribution in [0.3, 0.4) is 0 Å². The summed E-state index contributed by atoms with van der Waals surface area (Å²) in [6.45, 7) is 0. The number of halogens is 1. The number of hydrogen-bond donors (Lipinski definition) is 1. The molecular formula is C14H12ClNO4S. The first kappa shape index (κ1) is 15.3. The zero-order valence-corrected chi connectivity index (χ0v) is 12.6. The molecule has 1 N–H and O–H groups in total. The fraction of sp³-hybridized carbons (Fsp3) is 0.0714. The molecule has 0 aliphatic heterocycles. The van der Waals surface area contributed by atoms with Crippen LogP contribution < -0.4 is 10.1 Å². The van der Waals surface area contributed by atoms with E-state index in [1.807, 2.05) is 0 Å². The summed E-state index contributed by atoms with van der Waals surface area (Å²) in [7, 11) is 2.87. The molecule has 0 heterocycles. The van der Waals surface area contributed by atoms with Gasteiger partial charge in [0.2, 0.25) is 0 Å². The summed E-state index contributed by atoms with van der Waals surface area (Å²) in [5, 5.41) is 2.60. The van der Waals surface area contributed by atoms with Crippen LogP contribution in [0, 0.1) is 0 Å². The molecule has 0 atom stereocenters. The molecule has 0 bridgehead atoms. The van der Waals surface area contributed by atoms with Crippen molar-refractivity contribution in [3.8, 4) is 5.75 Å². The Balaban J connectivity index is 2.28. The predicted octanol–water partition coefficient (Wildman–Crippen LogP) is 2.88. The van der Waals surface area contributed by atoms with Gasteiger partial charge in [-0.1, -0.05) is 12.1 Å². The highest BCUT2D eigenvalue weighted by molar-refractivity contribution is 8.13. The molecule has 0 spiro atoms. The second kappa shape index (κ2) is 6.15. The van der Waals surface area contributed by atoms with Crippen molar-refractivity contribution >= 4 is 31.3 Å². The summed E-state index contributed by atoms with van der Waals surface area (Å²) in [6.07, 6.45) is 0. The molecule has 2 rings (SSSR count). The van der Waals surface area contributed by atoms with Gasteiger partial charge in [-0.25, -0.2) is 8.42 Å². The number of ether oxygens (including phenoxy) is 1. The smallest absolute Gasteiger partial charge is 0.262 e. The zero-order valence-electron chi connectivity index (χ0n) is 11.0. The van der Waals surface area contributed by atoms with Crippen LogP contribution in [0.5, 0.6) is 5.75 Å². The number of nitrogens with one attached hydrogen (secondary N) is 1. The molecule has 7 heteroatoms. The third-order valence-corrected chi connectivity index (χ3v) is 4.12. The van der Waals surface area contributed by atoms with E-state index in [0.29, 0.717) is 11.4 Å². The van der Waals surface area contributed by atoms with Gasteiger partial charge in [0.15, 0.2) is 0 Å². The maximum atomic E-state index is 12.2. The Morgan fingerprint density at radius 2 is 1.71 bits per heavy atom. The van der Waals surface area contributed by atoms with E-state index in [0.717, 1.165) is 0 Å². The monoisotopic (exact) mass is 325 g/mol. The minimum atomic E-state index is -3.99. The Kier molecular flexibility index (Phi) is 4.50. The second-order valence-corrected chi connectivity index (χ2v) is 6.65. The molecule has 5 nitrogen and oxygen atoms in total. The van der Waals surface area contributed by atoms with Crippen LogP contribution >= 0.6 is 10.7 Å². The average molecular weight is 326 g/mol. The van der Waals surface area contributed by atoms with Crippen molar-refractivity contribution in [3.05, 3.63) is 54.1 Å². The number of carbonyl (C=O) groups excluding carboxylic acids is 1.